The van der Waals surface area contributed by atoms with Gasteiger partial charge in [-0.15, -0.1) is 0 Å². The molecular formula is C11H10ClF3N2O3. The van der Waals surface area contributed by atoms with Gasteiger partial charge in [-0.25, -0.2) is 4.79 Å². The number of benzene rings is 1. The molecule has 0 aromatic heterocycles. The molecule has 0 aliphatic rings. The zero-order chi connectivity index (χ0) is 15.3. The SMILES string of the molecule is O=C(O)CCNC(=O)Nc1cc(C(F)(F)F)ccc1Cl. The number of amides is 2. The average Bonchev–Trinajstić information content (AvgIpc) is 2.30. The number of aliphatic carboxylic acids is 1. The van der Waals surface area contributed by atoms with Crippen molar-refractivity contribution in [2.24, 2.45) is 0 Å². The van der Waals surface area contributed by atoms with Crippen molar-refractivity contribution in [1.29, 1.82) is 0 Å². The first-order valence-corrected chi connectivity index (χ1v) is 5.71. The zero-order valence-corrected chi connectivity index (χ0v) is 10.7. The van der Waals surface area contributed by atoms with Crippen molar-refractivity contribution in [1.82, 2.24) is 5.32 Å². The number of carboxylic acids is 1. The molecule has 0 radical (unpaired) electrons. The van der Waals surface area contributed by atoms with E-state index in [2.05, 4.69) is 10.6 Å². The quantitative estimate of drug-likeness (QED) is 0.800. The molecule has 2 amide bonds. The Morgan fingerprint density at radius 3 is 2.50 bits per heavy atom. The van der Waals surface area contributed by atoms with Crippen LogP contribution in [0.3, 0.4) is 0 Å². The summed E-state index contributed by atoms with van der Waals surface area (Å²) < 4.78 is 37.5. The number of anilines is 1. The lowest BCUT2D eigenvalue weighted by molar-refractivity contribution is -0.138. The molecule has 0 atom stereocenters. The van der Waals surface area contributed by atoms with Gasteiger partial charge in [0.2, 0.25) is 0 Å². The largest absolute Gasteiger partial charge is 0.481 e. The second-order valence-corrected chi connectivity index (χ2v) is 4.12. The van der Waals surface area contributed by atoms with Crippen molar-refractivity contribution in [2.45, 2.75) is 12.6 Å². The Morgan fingerprint density at radius 1 is 1.30 bits per heavy atom. The summed E-state index contributed by atoms with van der Waals surface area (Å²) in [4.78, 5) is 21.6. The van der Waals surface area contributed by atoms with E-state index in [1.54, 1.807) is 0 Å². The standard InChI is InChI=1S/C11H10ClF3N2O3/c12-7-2-1-6(11(13,14)15)5-8(7)17-10(20)16-4-3-9(18)19/h1-2,5H,3-4H2,(H,18,19)(H2,16,17,20). The Labute approximate surface area is 116 Å². The molecule has 20 heavy (non-hydrogen) atoms. The van der Waals surface area contributed by atoms with Crippen LogP contribution in [0.1, 0.15) is 12.0 Å². The molecular weight excluding hydrogens is 301 g/mol. The van der Waals surface area contributed by atoms with Gasteiger partial charge in [-0.1, -0.05) is 11.6 Å². The summed E-state index contributed by atoms with van der Waals surface area (Å²) in [5, 5.41) is 12.6. The van der Waals surface area contributed by atoms with Crippen LogP contribution in [-0.4, -0.2) is 23.7 Å². The average molecular weight is 311 g/mol. The van der Waals surface area contributed by atoms with Crippen molar-refractivity contribution in [3.05, 3.63) is 28.8 Å². The van der Waals surface area contributed by atoms with Crippen molar-refractivity contribution in [3.63, 3.8) is 0 Å². The van der Waals surface area contributed by atoms with Crippen molar-refractivity contribution < 1.29 is 27.9 Å². The predicted octanol–water partition coefficient (Wildman–Crippen LogP) is 2.96. The van der Waals surface area contributed by atoms with Gasteiger partial charge in [0.05, 0.1) is 22.7 Å². The van der Waals surface area contributed by atoms with Gasteiger partial charge < -0.3 is 15.7 Å². The van der Waals surface area contributed by atoms with E-state index in [1.165, 1.54) is 0 Å². The van der Waals surface area contributed by atoms with Crippen molar-refractivity contribution >= 4 is 29.3 Å². The summed E-state index contributed by atoms with van der Waals surface area (Å²) in [5.74, 6) is -1.11. The maximum Gasteiger partial charge on any atom is 0.416 e. The van der Waals surface area contributed by atoms with E-state index in [-0.39, 0.29) is 23.7 Å². The Kier molecular flexibility index (Phi) is 5.20. The first kappa shape index (κ1) is 16.1. The number of hydrogen-bond acceptors (Lipinski definition) is 2. The summed E-state index contributed by atoms with van der Waals surface area (Å²) in [7, 11) is 0. The normalized spacial score (nSPS) is 11.0. The van der Waals surface area contributed by atoms with Crippen LogP contribution in [0.25, 0.3) is 0 Å². The third-order valence-electron chi connectivity index (χ3n) is 2.17. The molecule has 0 aliphatic heterocycles. The Morgan fingerprint density at radius 2 is 1.95 bits per heavy atom. The highest BCUT2D eigenvalue weighted by Gasteiger charge is 2.31. The molecule has 0 spiro atoms. The highest BCUT2D eigenvalue weighted by atomic mass is 35.5. The summed E-state index contributed by atoms with van der Waals surface area (Å²) >= 11 is 5.67. The van der Waals surface area contributed by atoms with E-state index in [0.717, 1.165) is 12.1 Å². The van der Waals surface area contributed by atoms with E-state index in [1.807, 2.05) is 0 Å². The van der Waals surface area contributed by atoms with Crippen LogP contribution in [0.15, 0.2) is 18.2 Å². The summed E-state index contributed by atoms with van der Waals surface area (Å²) in [6, 6.07) is 1.65. The van der Waals surface area contributed by atoms with Crippen LogP contribution >= 0.6 is 11.6 Å². The molecule has 0 heterocycles. The molecule has 1 rings (SSSR count). The maximum absolute atomic E-state index is 12.5. The van der Waals surface area contributed by atoms with Crippen LogP contribution < -0.4 is 10.6 Å². The van der Waals surface area contributed by atoms with E-state index in [0.29, 0.717) is 6.07 Å². The van der Waals surface area contributed by atoms with Crippen molar-refractivity contribution in [2.75, 3.05) is 11.9 Å². The lowest BCUT2D eigenvalue weighted by Crippen LogP contribution is -2.30. The van der Waals surface area contributed by atoms with Gasteiger partial charge in [0.15, 0.2) is 0 Å². The lowest BCUT2D eigenvalue weighted by Gasteiger charge is -2.12. The Bertz CT molecular complexity index is 520. The molecule has 3 N–H and O–H groups in total. The number of carboxylic acid groups (broad SMARTS) is 1. The number of nitrogens with one attached hydrogen (secondary N) is 2. The highest BCUT2D eigenvalue weighted by molar-refractivity contribution is 6.33. The van der Waals surface area contributed by atoms with E-state index in [4.69, 9.17) is 16.7 Å². The maximum atomic E-state index is 12.5. The molecule has 0 fully saturated rings. The molecule has 0 unspecified atom stereocenters. The minimum atomic E-state index is -4.55. The zero-order valence-electron chi connectivity index (χ0n) is 9.92. The minimum absolute atomic E-state index is 0.0635. The summed E-state index contributed by atoms with van der Waals surface area (Å²) in [6.07, 6.45) is -4.86. The second-order valence-electron chi connectivity index (χ2n) is 3.72. The van der Waals surface area contributed by atoms with Gasteiger partial charge in [-0.3, -0.25) is 4.79 Å². The second kappa shape index (κ2) is 6.47. The molecule has 0 bridgehead atoms. The molecule has 0 saturated heterocycles. The van der Waals surface area contributed by atoms with Gasteiger partial charge in [-0.2, -0.15) is 13.2 Å². The summed E-state index contributed by atoms with van der Waals surface area (Å²) in [6.45, 7) is -0.155. The highest BCUT2D eigenvalue weighted by Crippen LogP contribution is 2.33. The van der Waals surface area contributed by atoms with Crippen LogP contribution in [0.4, 0.5) is 23.7 Å². The minimum Gasteiger partial charge on any atom is -0.481 e. The van der Waals surface area contributed by atoms with E-state index in [9.17, 15) is 22.8 Å². The fourth-order valence-electron chi connectivity index (χ4n) is 1.25. The molecule has 1 aromatic carbocycles. The third-order valence-corrected chi connectivity index (χ3v) is 2.50. The monoisotopic (exact) mass is 310 g/mol. The molecule has 1 aromatic rings. The van der Waals surface area contributed by atoms with Crippen LogP contribution in [0, 0.1) is 0 Å². The van der Waals surface area contributed by atoms with Gasteiger partial charge in [0.25, 0.3) is 0 Å². The Balaban J connectivity index is 2.71. The topological polar surface area (TPSA) is 78.4 Å². The fraction of sp³-hybridized carbons (Fsp3) is 0.273. The van der Waals surface area contributed by atoms with E-state index < -0.39 is 23.7 Å². The number of carbonyl (C=O) groups is 2. The summed E-state index contributed by atoms with van der Waals surface area (Å²) in [5.41, 5.74) is -1.17. The number of halogens is 4. The first-order valence-electron chi connectivity index (χ1n) is 5.33. The van der Waals surface area contributed by atoms with Crippen LogP contribution in [0.5, 0.6) is 0 Å². The molecule has 0 aliphatic carbocycles. The van der Waals surface area contributed by atoms with E-state index >= 15 is 0 Å². The Hall–Kier alpha value is -1.96. The fourth-order valence-corrected chi connectivity index (χ4v) is 1.41. The number of rotatable bonds is 4. The predicted molar refractivity (Wildman–Crippen MR) is 65.7 cm³/mol. The number of hydrogen-bond donors (Lipinski definition) is 3. The number of carbonyl (C=O) groups excluding carboxylic acids is 1. The number of alkyl halides is 3. The smallest absolute Gasteiger partial charge is 0.416 e. The first-order chi connectivity index (χ1) is 9.20. The van der Waals surface area contributed by atoms with Gasteiger partial charge in [0.1, 0.15) is 0 Å². The van der Waals surface area contributed by atoms with Gasteiger partial charge in [0, 0.05) is 6.54 Å². The third kappa shape index (κ3) is 4.96. The van der Waals surface area contributed by atoms with Gasteiger partial charge >= 0.3 is 18.2 Å². The molecule has 0 saturated carbocycles. The van der Waals surface area contributed by atoms with Crippen LogP contribution in [-0.2, 0) is 11.0 Å². The molecule has 9 heteroatoms. The van der Waals surface area contributed by atoms with Gasteiger partial charge in [-0.05, 0) is 18.2 Å². The van der Waals surface area contributed by atoms with Crippen molar-refractivity contribution in [3.8, 4) is 0 Å². The number of urea groups is 1. The molecule has 110 valence electrons. The lowest BCUT2D eigenvalue weighted by atomic mass is 10.2. The van der Waals surface area contributed by atoms with Crippen LogP contribution in [0.2, 0.25) is 5.02 Å². The molecule has 5 nitrogen and oxygen atoms in total.